The maximum absolute atomic E-state index is 13.6. The van der Waals surface area contributed by atoms with Gasteiger partial charge in [-0.1, -0.05) is 0 Å². The predicted octanol–water partition coefficient (Wildman–Crippen LogP) is 2.68. The van der Waals surface area contributed by atoms with Gasteiger partial charge in [-0.05, 0) is 38.1 Å². The second kappa shape index (κ2) is 6.65. The van der Waals surface area contributed by atoms with Crippen LogP contribution in [-0.4, -0.2) is 29.2 Å². The molecule has 7 heteroatoms. The molecule has 1 N–H and O–H groups in total. The molecule has 0 unspecified atom stereocenters. The highest BCUT2D eigenvalue weighted by molar-refractivity contribution is 5.30. The Bertz CT molecular complexity index is 648. The molecule has 1 aromatic heterocycles. The number of aromatic nitrogens is 2. The monoisotopic (exact) mass is 307 g/mol. The van der Waals surface area contributed by atoms with E-state index in [0.717, 1.165) is 44.1 Å². The molecule has 1 aliphatic rings. The van der Waals surface area contributed by atoms with E-state index in [2.05, 4.69) is 15.3 Å². The normalized spacial score (nSPS) is 15.5. The number of halogens is 2. The van der Waals surface area contributed by atoms with Gasteiger partial charge in [0.05, 0.1) is 6.07 Å². The quantitative estimate of drug-likeness (QED) is 0.941. The summed E-state index contributed by atoms with van der Waals surface area (Å²) in [6, 6.07) is 4.45. The maximum Gasteiger partial charge on any atom is 0.226 e. The summed E-state index contributed by atoms with van der Waals surface area (Å²) in [5.41, 5.74) is 0. The van der Waals surface area contributed by atoms with Gasteiger partial charge < -0.3 is 14.8 Å². The highest BCUT2D eigenvalue weighted by Crippen LogP contribution is 2.25. The third-order valence-corrected chi connectivity index (χ3v) is 3.30. The molecule has 2 heterocycles. The van der Waals surface area contributed by atoms with Gasteiger partial charge in [-0.2, -0.15) is 0 Å². The molecule has 0 amide bonds. The van der Waals surface area contributed by atoms with Crippen molar-refractivity contribution in [2.45, 2.75) is 18.9 Å². The zero-order valence-corrected chi connectivity index (χ0v) is 11.8. The maximum atomic E-state index is 13.6. The van der Waals surface area contributed by atoms with Crippen molar-refractivity contribution in [3.63, 3.8) is 0 Å². The minimum Gasteiger partial charge on any atom is -0.474 e. The van der Waals surface area contributed by atoms with Crippen molar-refractivity contribution in [1.82, 2.24) is 15.3 Å². The number of hydrogen-bond acceptors (Lipinski definition) is 5. The first-order chi connectivity index (χ1) is 10.7. The molecule has 1 aliphatic heterocycles. The number of hydrogen-bond donors (Lipinski definition) is 1. The highest BCUT2D eigenvalue weighted by atomic mass is 19.1. The van der Waals surface area contributed by atoms with Crippen molar-refractivity contribution in [1.29, 1.82) is 0 Å². The predicted molar refractivity (Wildman–Crippen MR) is 75.0 cm³/mol. The molecule has 5 nitrogen and oxygen atoms in total. The molecule has 1 saturated heterocycles. The van der Waals surface area contributed by atoms with E-state index in [9.17, 15) is 8.78 Å². The van der Waals surface area contributed by atoms with E-state index in [1.54, 1.807) is 0 Å². The van der Waals surface area contributed by atoms with Crippen LogP contribution >= 0.6 is 0 Å². The van der Waals surface area contributed by atoms with Crippen molar-refractivity contribution in [2.24, 2.45) is 0 Å². The molecule has 0 aliphatic carbocycles. The summed E-state index contributed by atoms with van der Waals surface area (Å²) in [4.78, 5) is 7.90. The summed E-state index contributed by atoms with van der Waals surface area (Å²) in [5.74, 6) is -1.03. The molecule has 22 heavy (non-hydrogen) atoms. The SMILES string of the molecule is Fc1ccc(F)c(Oc2cc(OC3CCNCC3)ncn2)c1. The van der Waals surface area contributed by atoms with E-state index >= 15 is 0 Å². The lowest BCUT2D eigenvalue weighted by atomic mass is 10.1. The Morgan fingerprint density at radius 1 is 1.05 bits per heavy atom. The van der Waals surface area contributed by atoms with Crippen molar-refractivity contribution >= 4 is 0 Å². The Kier molecular flexibility index (Phi) is 4.43. The fraction of sp³-hybridized carbons (Fsp3) is 0.333. The van der Waals surface area contributed by atoms with Crippen LogP contribution in [0.25, 0.3) is 0 Å². The average Bonchev–Trinajstić information content (AvgIpc) is 2.52. The number of piperidine rings is 1. The largest absolute Gasteiger partial charge is 0.474 e. The average molecular weight is 307 g/mol. The number of benzene rings is 1. The first kappa shape index (κ1) is 14.6. The number of nitrogens with zero attached hydrogens (tertiary/aromatic N) is 2. The van der Waals surface area contributed by atoms with Gasteiger partial charge in [-0.25, -0.2) is 18.7 Å². The molecule has 0 atom stereocenters. The summed E-state index contributed by atoms with van der Waals surface area (Å²) >= 11 is 0. The van der Waals surface area contributed by atoms with Crippen LogP contribution in [0.2, 0.25) is 0 Å². The third kappa shape index (κ3) is 3.67. The summed E-state index contributed by atoms with van der Waals surface area (Å²) < 4.78 is 37.7. The van der Waals surface area contributed by atoms with Gasteiger partial charge in [-0.3, -0.25) is 0 Å². The topological polar surface area (TPSA) is 56.3 Å². The van der Waals surface area contributed by atoms with Crippen LogP contribution in [0.15, 0.2) is 30.6 Å². The first-order valence-electron chi connectivity index (χ1n) is 7.03. The van der Waals surface area contributed by atoms with Crippen LogP contribution in [0.3, 0.4) is 0 Å². The van der Waals surface area contributed by atoms with Gasteiger partial charge in [0, 0.05) is 6.07 Å². The van der Waals surface area contributed by atoms with Gasteiger partial charge >= 0.3 is 0 Å². The first-order valence-corrected chi connectivity index (χ1v) is 7.03. The zero-order chi connectivity index (χ0) is 15.4. The fourth-order valence-corrected chi connectivity index (χ4v) is 2.20. The van der Waals surface area contributed by atoms with Gasteiger partial charge in [-0.15, -0.1) is 0 Å². The molecule has 0 saturated carbocycles. The van der Waals surface area contributed by atoms with Crippen LogP contribution in [0.4, 0.5) is 8.78 Å². The van der Waals surface area contributed by atoms with Gasteiger partial charge in [0.25, 0.3) is 0 Å². The number of nitrogens with one attached hydrogen (secondary N) is 1. The minimum absolute atomic E-state index is 0.0786. The Labute approximate surface area is 126 Å². The smallest absolute Gasteiger partial charge is 0.226 e. The van der Waals surface area contributed by atoms with Crippen molar-refractivity contribution in [2.75, 3.05) is 13.1 Å². The van der Waals surface area contributed by atoms with E-state index in [1.165, 1.54) is 12.4 Å². The lowest BCUT2D eigenvalue weighted by Crippen LogP contribution is -2.34. The van der Waals surface area contributed by atoms with E-state index in [1.807, 2.05) is 0 Å². The molecule has 2 aromatic rings. The minimum atomic E-state index is -0.666. The molecule has 116 valence electrons. The molecule has 0 radical (unpaired) electrons. The van der Waals surface area contributed by atoms with Crippen LogP contribution in [-0.2, 0) is 0 Å². The van der Waals surface area contributed by atoms with E-state index in [4.69, 9.17) is 9.47 Å². The Morgan fingerprint density at radius 3 is 2.64 bits per heavy atom. The number of rotatable bonds is 4. The summed E-state index contributed by atoms with van der Waals surface area (Å²) in [7, 11) is 0. The highest BCUT2D eigenvalue weighted by Gasteiger charge is 2.16. The number of ether oxygens (including phenoxy) is 2. The van der Waals surface area contributed by atoms with E-state index < -0.39 is 11.6 Å². The lowest BCUT2D eigenvalue weighted by molar-refractivity contribution is 0.155. The standard InChI is InChI=1S/C15H15F2N3O2/c16-10-1-2-12(17)13(7-10)22-15-8-14(19-9-20-15)21-11-3-5-18-6-4-11/h1-2,7-9,11,18H,3-6H2. The van der Waals surface area contributed by atoms with Crippen LogP contribution in [0, 0.1) is 11.6 Å². The van der Waals surface area contributed by atoms with Crippen molar-refractivity contribution < 1.29 is 18.3 Å². The Balaban J connectivity index is 1.71. The van der Waals surface area contributed by atoms with Crippen molar-refractivity contribution in [3.8, 4) is 17.5 Å². The fourth-order valence-electron chi connectivity index (χ4n) is 2.20. The lowest BCUT2D eigenvalue weighted by Gasteiger charge is -2.23. The summed E-state index contributed by atoms with van der Waals surface area (Å²) in [6.45, 7) is 1.79. The van der Waals surface area contributed by atoms with E-state index in [-0.39, 0.29) is 17.7 Å². The Hall–Kier alpha value is -2.28. The van der Waals surface area contributed by atoms with E-state index in [0.29, 0.717) is 5.88 Å². The summed E-state index contributed by atoms with van der Waals surface area (Å²) in [5, 5.41) is 3.24. The molecule has 0 spiro atoms. The summed E-state index contributed by atoms with van der Waals surface area (Å²) in [6.07, 6.45) is 3.12. The molecular weight excluding hydrogens is 292 g/mol. The van der Waals surface area contributed by atoms with Gasteiger partial charge in [0.15, 0.2) is 11.6 Å². The second-order valence-corrected chi connectivity index (χ2v) is 4.94. The third-order valence-electron chi connectivity index (χ3n) is 3.30. The molecule has 1 fully saturated rings. The van der Waals surface area contributed by atoms with Gasteiger partial charge in [0.1, 0.15) is 18.2 Å². The zero-order valence-electron chi connectivity index (χ0n) is 11.8. The van der Waals surface area contributed by atoms with Crippen LogP contribution in [0.5, 0.6) is 17.5 Å². The Morgan fingerprint density at radius 2 is 1.82 bits per heavy atom. The molecule has 3 rings (SSSR count). The molecular formula is C15H15F2N3O2. The molecule has 1 aromatic carbocycles. The van der Waals surface area contributed by atoms with Crippen LogP contribution < -0.4 is 14.8 Å². The molecule has 0 bridgehead atoms. The van der Waals surface area contributed by atoms with Gasteiger partial charge in [0.2, 0.25) is 11.8 Å². The van der Waals surface area contributed by atoms with Crippen molar-refractivity contribution in [3.05, 3.63) is 42.2 Å². The second-order valence-electron chi connectivity index (χ2n) is 4.94. The van der Waals surface area contributed by atoms with Crippen LogP contribution in [0.1, 0.15) is 12.8 Å².